The summed E-state index contributed by atoms with van der Waals surface area (Å²) in [6.07, 6.45) is 0. The lowest BCUT2D eigenvalue weighted by molar-refractivity contribution is 1.17. The van der Waals surface area contributed by atoms with Gasteiger partial charge in [-0.15, -0.1) is 0 Å². The van der Waals surface area contributed by atoms with Crippen LogP contribution in [0.25, 0.3) is 27.5 Å². The van der Waals surface area contributed by atoms with Gasteiger partial charge in [0.15, 0.2) is 0 Å². The minimum Gasteiger partial charge on any atom is -0.311 e. The standard InChI is InChI=1S/C72H47B2N5S/c1-7-25-48(26-8-1)75(49-27-9-2-10-28-49)54-43-65-70-68(44-54)80-67-47-63-58(45-59(67)74(70)57-39-21-24-42-62(57)77(65)52-33-15-5-16-34-52)73-56-38-20-23-41-61(56)78(53-35-17-6-18-36-53)66-46-64(69-55-37-19-22-40-60(55)79(63)72(69)71(66)73)76(50-29-11-3-12-30-50)51-31-13-4-14-32-51/h1-47H. The van der Waals surface area contributed by atoms with Gasteiger partial charge in [-0.05, 0) is 143 Å². The molecule has 4 aliphatic heterocycles. The Kier molecular flexibility index (Phi) is 10.1. The summed E-state index contributed by atoms with van der Waals surface area (Å²) >= 11 is 1.92. The summed E-state index contributed by atoms with van der Waals surface area (Å²) in [5.74, 6) is 0. The van der Waals surface area contributed by atoms with Gasteiger partial charge in [0.2, 0.25) is 6.71 Å². The molecule has 4 aliphatic rings. The molecule has 0 unspecified atom stereocenters. The van der Waals surface area contributed by atoms with Gasteiger partial charge in [0, 0.05) is 88.8 Å². The van der Waals surface area contributed by atoms with E-state index in [1.165, 1.54) is 92.8 Å². The van der Waals surface area contributed by atoms with Crippen molar-refractivity contribution in [3.63, 3.8) is 0 Å². The molecule has 0 radical (unpaired) electrons. The summed E-state index contributed by atoms with van der Waals surface area (Å²) in [6.45, 7) is -0.113. The Morgan fingerprint density at radius 1 is 0.312 bits per heavy atom. The largest absolute Gasteiger partial charge is 0.311 e. The first-order chi connectivity index (χ1) is 39.7. The van der Waals surface area contributed by atoms with Crippen molar-refractivity contribution in [3.05, 3.63) is 285 Å². The normalized spacial score (nSPS) is 13.1. The molecule has 1 aromatic heterocycles. The number of nitrogens with zero attached hydrogens (tertiary/aromatic N) is 5. The van der Waals surface area contributed by atoms with Crippen molar-refractivity contribution in [1.29, 1.82) is 0 Å². The molecule has 0 saturated carbocycles. The van der Waals surface area contributed by atoms with Gasteiger partial charge < -0.3 is 24.2 Å². The smallest absolute Gasteiger partial charge is 0.252 e. The van der Waals surface area contributed by atoms with Gasteiger partial charge in [-0.25, -0.2) is 0 Å². The third-order valence-corrected chi connectivity index (χ3v) is 18.0. The van der Waals surface area contributed by atoms with Crippen LogP contribution in [0.1, 0.15) is 0 Å². The van der Waals surface area contributed by atoms with E-state index in [1.807, 2.05) is 11.8 Å². The predicted molar refractivity (Wildman–Crippen MR) is 339 cm³/mol. The van der Waals surface area contributed by atoms with Gasteiger partial charge in [0.1, 0.15) is 0 Å². The van der Waals surface area contributed by atoms with Crippen LogP contribution in [0.5, 0.6) is 0 Å². The number of hydrogen-bond acceptors (Lipinski definition) is 5. The highest BCUT2D eigenvalue weighted by molar-refractivity contribution is 8.00. The SMILES string of the molecule is c1ccc(N(c2ccccc2)c2cc3c4c(c2)N(c2ccccc2)c2ccccc2B4c2cc4c(cc2S3)-n2c3ccccc3c3c(N(c5ccccc5)c5ccccc5)cc5c(c32)B4c2ccccc2N5c2ccccc2)cc1. The molecule has 0 bridgehead atoms. The highest BCUT2D eigenvalue weighted by Crippen LogP contribution is 2.51. The van der Waals surface area contributed by atoms with E-state index in [2.05, 4.69) is 309 Å². The fourth-order valence-electron chi connectivity index (χ4n) is 13.8. The molecule has 12 aromatic carbocycles. The topological polar surface area (TPSA) is 17.9 Å². The van der Waals surface area contributed by atoms with Gasteiger partial charge in [-0.3, -0.25) is 0 Å². The quantitative estimate of drug-likeness (QED) is 0.141. The van der Waals surface area contributed by atoms with Crippen LogP contribution in [0.2, 0.25) is 0 Å². The van der Waals surface area contributed by atoms with Gasteiger partial charge in [-0.2, -0.15) is 0 Å². The zero-order chi connectivity index (χ0) is 52.4. The molecule has 5 nitrogen and oxygen atoms in total. The number of aromatic nitrogens is 1. The molecule has 0 aliphatic carbocycles. The Balaban J connectivity index is 0.979. The summed E-state index contributed by atoms with van der Waals surface area (Å²) in [7, 11) is 0. The lowest BCUT2D eigenvalue weighted by Crippen LogP contribution is -2.64. The molecule has 5 heterocycles. The minimum absolute atomic E-state index is 0.0386. The second-order valence-corrected chi connectivity index (χ2v) is 22.3. The van der Waals surface area contributed by atoms with Crippen molar-refractivity contribution < 1.29 is 0 Å². The van der Waals surface area contributed by atoms with Crippen molar-refractivity contribution in [2.75, 3.05) is 19.6 Å². The Morgan fingerprint density at radius 3 is 1.34 bits per heavy atom. The Morgan fingerprint density at radius 2 is 0.775 bits per heavy atom. The number of benzene rings is 12. The molecule has 0 atom stereocenters. The fourth-order valence-corrected chi connectivity index (χ4v) is 15.0. The van der Waals surface area contributed by atoms with E-state index in [9.17, 15) is 0 Å². The molecule has 0 amide bonds. The fraction of sp³-hybridized carbons (Fsp3) is 0. The van der Waals surface area contributed by atoms with E-state index < -0.39 is 0 Å². The van der Waals surface area contributed by atoms with Crippen molar-refractivity contribution in [2.24, 2.45) is 0 Å². The highest BCUT2D eigenvalue weighted by Gasteiger charge is 2.47. The Labute approximate surface area is 470 Å². The zero-order valence-corrected chi connectivity index (χ0v) is 44.3. The number of hydrogen-bond donors (Lipinski definition) is 0. The minimum atomic E-state index is -0.0741. The molecule has 372 valence electrons. The van der Waals surface area contributed by atoms with Crippen molar-refractivity contribution >= 4 is 148 Å². The predicted octanol–water partition coefficient (Wildman–Crippen LogP) is 15.1. The monoisotopic (exact) mass is 1040 g/mol. The van der Waals surface area contributed by atoms with Crippen LogP contribution in [0.3, 0.4) is 0 Å². The summed E-state index contributed by atoms with van der Waals surface area (Å²) < 4.78 is 2.64. The Hall–Kier alpha value is -9.88. The molecule has 80 heavy (non-hydrogen) atoms. The van der Waals surface area contributed by atoms with Gasteiger partial charge >= 0.3 is 0 Å². The summed E-state index contributed by atoms with van der Waals surface area (Å²) in [6, 6.07) is 105. The molecular weight excluding hydrogens is 989 g/mol. The van der Waals surface area contributed by atoms with Gasteiger partial charge in [0.25, 0.3) is 6.71 Å². The molecule has 8 heteroatoms. The van der Waals surface area contributed by atoms with Crippen molar-refractivity contribution in [2.45, 2.75) is 9.79 Å². The lowest BCUT2D eigenvalue weighted by atomic mass is 9.31. The van der Waals surface area contributed by atoms with Crippen LogP contribution in [-0.2, 0) is 0 Å². The van der Waals surface area contributed by atoms with Crippen LogP contribution in [0.15, 0.2) is 295 Å². The Bertz CT molecular complexity index is 4520. The number of anilines is 12. The average Bonchev–Trinajstić information content (AvgIpc) is 3.87. The van der Waals surface area contributed by atoms with E-state index >= 15 is 0 Å². The van der Waals surface area contributed by atoms with E-state index in [1.54, 1.807) is 0 Å². The van der Waals surface area contributed by atoms with Crippen LogP contribution < -0.4 is 52.4 Å². The third-order valence-electron chi connectivity index (χ3n) is 16.9. The number of para-hydroxylation sites is 9. The maximum Gasteiger partial charge on any atom is 0.252 e. The van der Waals surface area contributed by atoms with E-state index in [0.717, 1.165) is 45.5 Å². The van der Waals surface area contributed by atoms with Crippen LogP contribution in [0, 0.1) is 0 Å². The molecule has 0 fully saturated rings. The second kappa shape index (κ2) is 17.8. The van der Waals surface area contributed by atoms with Crippen LogP contribution in [0.4, 0.5) is 68.2 Å². The average molecular weight is 1040 g/mol. The lowest BCUT2D eigenvalue weighted by Gasteiger charge is -2.43. The summed E-state index contributed by atoms with van der Waals surface area (Å²) in [5, 5.41) is 2.47. The molecular formula is C72H47B2N5S. The van der Waals surface area contributed by atoms with E-state index in [-0.39, 0.29) is 13.4 Å². The molecule has 0 saturated heterocycles. The third kappa shape index (κ3) is 6.63. The molecule has 0 spiro atoms. The van der Waals surface area contributed by atoms with Crippen LogP contribution in [-0.4, -0.2) is 18.0 Å². The van der Waals surface area contributed by atoms with E-state index in [0.29, 0.717) is 0 Å². The van der Waals surface area contributed by atoms with Crippen molar-refractivity contribution in [1.82, 2.24) is 4.57 Å². The zero-order valence-electron chi connectivity index (χ0n) is 43.4. The molecule has 0 N–H and O–H groups in total. The van der Waals surface area contributed by atoms with Gasteiger partial charge in [-0.1, -0.05) is 187 Å². The maximum absolute atomic E-state index is 2.64. The second-order valence-electron chi connectivity index (χ2n) is 21.2. The first kappa shape index (κ1) is 45.2. The van der Waals surface area contributed by atoms with E-state index in [4.69, 9.17) is 0 Å². The highest BCUT2D eigenvalue weighted by atomic mass is 32.2. The first-order valence-electron chi connectivity index (χ1n) is 27.6. The van der Waals surface area contributed by atoms with Crippen molar-refractivity contribution in [3.8, 4) is 5.69 Å². The maximum atomic E-state index is 2.64. The molecule has 17 rings (SSSR count). The summed E-state index contributed by atoms with van der Waals surface area (Å²) in [4.78, 5) is 12.5. The first-order valence-corrected chi connectivity index (χ1v) is 28.4. The van der Waals surface area contributed by atoms with Crippen LogP contribution >= 0.6 is 11.8 Å². The van der Waals surface area contributed by atoms with Gasteiger partial charge in [0.05, 0.1) is 16.7 Å². The molecule has 13 aromatic rings. The summed E-state index contributed by atoms with van der Waals surface area (Å²) in [5.41, 5.74) is 25.3. The number of rotatable bonds is 8. The number of fused-ring (bicyclic) bond motifs is 12.